The third-order valence-corrected chi connectivity index (χ3v) is 14.9. The van der Waals surface area contributed by atoms with Crippen LogP contribution in [0.2, 0.25) is 0 Å². The molecule has 12 aromatic carbocycles. The first kappa shape index (κ1) is 44.5. The molecule has 0 aliphatic heterocycles. The van der Waals surface area contributed by atoms with Crippen molar-refractivity contribution in [2.24, 2.45) is 0 Å². The second-order valence-electron chi connectivity index (χ2n) is 19.4. The van der Waals surface area contributed by atoms with Crippen molar-refractivity contribution in [3.05, 3.63) is 297 Å². The monoisotopic (exact) mass is 970 g/mol. The molecule has 0 saturated heterocycles. The Morgan fingerprint density at radius 2 is 0.684 bits per heavy atom. The topological polar surface area (TPSA) is 25.1 Å². The number of para-hydroxylation sites is 4. The first-order chi connectivity index (χ1) is 37.7. The van der Waals surface area contributed by atoms with Crippen molar-refractivity contribution in [3.8, 4) is 55.9 Å². The summed E-state index contributed by atoms with van der Waals surface area (Å²) in [5, 5.41) is 8.75. The smallest absolute Gasteiger partial charge is 0.0542 e. The van der Waals surface area contributed by atoms with Gasteiger partial charge < -0.3 is 19.4 Å². The van der Waals surface area contributed by atoms with Gasteiger partial charge in [0, 0.05) is 66.9 Å². The van der Waals surface area contributed by atoms with E-state index in [1.165, 1.54) is 60.3 Å². The molecule has 1 N–H and O–H groups in total. The highest BCUT2D eigenvalue weighted by atomic mass is 15.1. The van der Waals surface area contributed by atoms with E-state index in [0.29, 0.717) is 0 Å². The highest BCUT2D eigenvalue weighted by Gasteiger charge is 2.20. The molecule has 76 heavy (non-hydrogen) atoms. The highest BCUT2D eigenvalue weighted by molar-refractivity contribution is 6.12. The Balaban J connectivity index is 0.877. The Bertz CT molecular complexity index is 4400. The molecule has 0 aliphatic carbocycles. The van der Waals surface area contributed by atoms with Gasteiger partial charge in [0.1, 0.15) is 0 Å². The lowest BCUT2D eigenvalue weighted by Crippen LogP contribution is -2.10. The van der Waals surface area contributed by atoms with Gasteiger partial charge in [-0.25, -0.2) is 0 Å². The molecule has 0 bridgehead atoms. The van der Waals surface area contributed by atoms with Crippen LogP contribution in [0.5, 0.6) is 0 Å². The van der Waals surface area contributed by atoms with Gasteiger partial charge in [-0.2, -0.15) is 0 Å². The molecule has 14 aromatic rings. The van der Waals surface area contributed by atoms with E-state index >= 15 is 0 Å². The van der Waals surface area contributed by atoms with Crippen molar-refractivity contribution in [1.82, 2.24) is 9.13 Å². The number of nitrogens with zero attached hydrogens (tertiary/aromatic N) is 3. The molecule has 2 aromatic heterocycles. The van der Waals surface area contributed by atoms with Crippen molar-refractivity contribution in [1.29, 1.82) is 0 Å². The maximum Gasteiger partial charge on any atom is 0.0542 e. The Hall–Kier alpha value is -10.2. The molecule has 0 aliphatic rings. The zero-order valence-corrected chi connectivity index (χ0v) is 41.6. The fourth-order valence-corrected chi connectivity index (χ4v) is 11.3. The van der Waals surface area contributed by atoms with Crippen LogP contribution in [0.4, 0.5) is 28.4 Å². The largest absolute Gasteiger partial charge is 0.355 e. The number of hydrogen-bond donors (Lipinski definition) is 1. The quantitative estimate of drug-likeness (QED) is 0.140. The van der Waals surface area contributed by atoms with Crippen LogP contribution in [0.25, 0.3) is 99.5 Å². The van der Waals surface area contributed by atoms with Gasteiger partial charge in [-0.1, -0.05) is 182 Å². The molecule has 4 nitrogen and oxygen atoms in total. The van der Waals surface area contributed by atoms with Gasteiger partial charge in [0.2, 0.25) is 0 Å². The maximum atomic E-state index is 3.91. The van der Waals surface area contributed by atoms with E-state index in [1.54, 1.807) is 0 Å². The van der Waals surface area contributed by atoms with Crippen molar-refractivity contribution in [3.63, 3.8) is 0 Å². The van der Waals surface area contributed by atoms with Crippen LogP contribution in [-0.4, -0.2) is 9.13 Å². The average Bonchev–Trinajstić information content (AvgIpc) is 4.08. The minimum Gasteiger partial charge on any atom is -0.355 e. The van der Waals surface area contributed by atoms with Gasteiger partial charge >= 0.3 is 0 Å². The van der Waals surface area contributed by atoms with E-state index in [0.717, 1.165) is 67.6 Å². The van der Waals surface area contributed by atoms with E-state index in [1.807, 2.05) is 0 Å². The summed E-state index contributed by atoms with van der Waals surface area (Å²) in [6, 6.07) is 107. The number of aromatic nitrogens is 2. The molecule has 0 radical (unpaired) electrons. The third kappa shape index (κ3) is 8.06. The zero-order valence-electron chi connectivity index (χ0n) is 41.6. The molecule has 14 rings (SSSR count). The summed E-state index contributed by atoms with van der Waals surface area (Å²) in [4.78, 5) is 2.39. The lowest BCUT2D eigenvalue weighted by atomic mass is 9.94. The lowest BCUT2D eigenvalue weighted by molar-refractivity contribution is 1.18. The van der Waals surface area contributed by atoms with Crippen LogP contribution in [-0.2, 0) is 0 Å². The first-order valence-electron chi connectivity index (χ1n) is 26.0. The van der Waals surface area contributed by atoms with Crippen LogP contribution in [0, 0.1) is 0 Å². The van der Waals surface area contributed by atoms with Gasteiger partial charge in [0.25, 0.3) is 0 Å². The second kappa shape index (κ2) is 19.0. The Morgan fingerprint density at radius 3 is 1.32 bits per heavy atom. The number of rotatable bonds is 11. The van der Waals surface area contributed by atoms with Gasteiger partial charge in [0.15, 0.2) is 0 Å². The molecule has 0 unspecified atom stereocenters. The van der Waals surface area contributed by atoms with E-state index < -0.39 is 0 Å². The van der Waals surface area contributed by atoms with Crippen molar-refractivity contribution in [2.45, 2.75) is 0 Å². The summed E-state index contributed by atoms with van der Waals surface area (Å²) >= 11 is 0. The van der Waals surface area contributed by atoms with Crippen molar-refractivity contribution < 1.29 is 0 Å². The van der Waals surface area contributed by atoms with Crippen molar-refractivity contribution in [2.75, 3.05) is 10.2 Å². The van der Waals surface area contributed by atoms with Crippen LogP contribution in [0.15, 0.2) is 297 Å². The summed E-state index contributed by atoms with van der Waals surface area (Å²) in [6.07, 6.45) is 0. The van der Waals surface area contributed by atoms with Crippen LogP contribution in [0.1, 0.15) is 0 Å². The summed E-state index contributed by atoms with van der Waals surface area (Å²) < 4.78 is 4.74. The molecule has 2 heterocycles. The van der Waals surface area contributed by atoms with Gasteiger partial charge in [0.05, 0.1) is 22.1 Å². The fraction of sp³-hybridized carbons (Fsp3) is 0. The molecule has 0 spiro atoms. The Kier molecular flexibility index (Phi) is 11.2. The fourth-order valence-electron chi connectivity index (χ4n) is 11.3. The SMILES string of the molecule is c1ccc(-c2cccc(-c3cc(-c4ccc(N(c5cccc(-c6ccccc6)c5)c5ccc6c(c5)c5ccccc5n6-c5ccccc5)cc4)ccc3Nc3ccc4c(c3)c3ccccc3n4-c3ccccc3)c2)cc1. The number of hydrogen-bond acceptors (Lipinski definition) is 2. The first-order valence-corrected chi connectivity index (χ1v) is 26.0. The summed E-state index contributed by atoms with van der Waals surface area (Å²) in [5.41, 5.74) is 21.5. The van der Waals surface area contributed by atoms with Gasteiger partial charge in [-0.3, -0.25) is 0 Å². The highest BCUT2D eigenvalue weighted by Crippen LogP contribution is 2.43. The van der Waals surface area contributed by atoms with Crippen molar-refractivity contribution >= 4 is 72.0 Å². The molecule has 0 atom stereocenters. The molecule has 0 saturated carbocycles. The predicted molar refractivity (Wildman–Crippen MR) is 321 cm³/mol. The third-order valence-electron chi connectivity index (χ3n) is 14.9. The molecular formula is C72H50N4. The normalized spacial score (nSPS) is 11.4. The van der Waals surface area contributed by atoms with Gasteiger partial charge in [-0.05, 0) is 154 Å². The molecule has 358 valence electrons. The summed E-state index contributed by atoms with van der Waals surface area (Å²) in [5.74, 6) is 0. The lowest BCUT2D eigenvalue weighted by Gasteiger charge is -2.26. The van der Waals surface area contributed by atoms with E-state index in [2.05, 4.69) is 317 Å². The van der Waals surface area contributed by atoms with Crippen LogP contribution < -0.4 is 10.2 Å². The van der Waals surface area contributed by atoms with E-state index in [-0.39, 0.29) is 0 Å². The molecule has 4 heteroatoms. The minimum atomic E-state index is 1.03. The second-order valence-corrected chi connectivity index (χ2v) is 19.4. The summed E-state index contributed by atoms with van der Waals surface area (Å²) in [7, 11) is 0. The average molecular weight is 971 g/mol. The van der Waals surface area contributed by atoms with Crippen LogP contribution >= 0.6 is 0 Å². The number of benzene rings is 12. The molecule has 0 fully saturated rings. The molecule has 0 amide bonds. The minimum absolute atomic E-state index is 1.03. The van der Waals surface area contributed by atoms with E-state index in [9.17, 15) is 0 Å². The molecular weight excluding hydrogens is 921 g/mol. The Morgan fingerprint density at radius 1 is 0.250 bits per heavy atom. The Labute approximate surface area is 442 Å². The standard InChI is InChI=1S/C72H50N4/c1-5-19-50(20-6-1)53-23-17-25-56(45-53)65-47-55(37-42-68(65)73-57-38-43-71-66(48-57)63-31-13-15-33-69(63)75(71)58-26-9-3-10-27-58)52-35-39-60(40-36-52)74(61-30-18-24-54(46-61)51-21-7-2-8-22-51)62-41-44-72-67(49-62)64-32-14-16-34-70(64)76(72)59-28-11-4-12-29-59/h1-49,73H. The van der Waals surface area contributed by atoms with Crippen LogP contribution in [0.3, 0.4) is 0 Å². The number of nitrogens with one attached hydrogen (secondary N) is 1. The van der Waals surface area contributed by atoms with Gasteiger partial charge in [-0.15, -0.1) is 0 Å². The predicted octanol–water partition coefficient (Wildman–Crippen LogP) is 19.8. The zero-order chi connectivity index (χ0) is 50.4. The maximum absolute atomic E-state index is 3.91. The number of fused-ring (bicyclic) bond motifs is 6. The summed E-state index contributed by atoms with van der Waals surface area (Å²) in [6.45, 7) is 0. The number of anilines is 5. The van der Waals surface area contributed by atoms with E-state index in [4.69, 9.17) is 0 Å².